The molecular weight excluding hydrogens is 426 g/mol. The van der Waals surface area contributed by atoms with Crippen molar-refractivity contribution in [2.75, 3.05) is 14.1 Å². The molecular formula is C22H25N7O4. The van der Waals surface area contributed by atoms with Gasteiger partial charge in [-0.3, -0.25) is 9.78 Å². The summed E-state index contributed by atoms with van der Waals surface area (Å²) in [6, 6.07) is 5.06. The number of aliphatic hydroxyl groups excluding tert-OH is 1. The zero-order chi connectivity index (χ0) is 23.8. The zero-order valence-corrected chi connectivity index (χ0v) is 19.1. The Morgan fingerprint density at radius 1 is 1.24 bits per heavy atom. The summed E-state index contributed by atoms with van der Waals surface area (Å²) in [6.07, 6.45) is 3.15. The Morgan fingerprint density at radius 3 is 2.64 bits per heavy atom. The molecule has 0 aliphatic rings. The van der Waals surface area contributed by atoms with Gasteiger partial charge in [0.15, 0.2) is 11.5 Å². The fourth-order valence-corrected chi connectivity index (χ4v) is 3.37. The lowest BCUT2D eigenvalue weighted by Gasteiger charge is -2.18. The molecule has 1 N–H and O–H groups in total. The Bertz CT molecular complexity index is 1290. The Morgan fingerprint density at radius 2 is 2.03 bits per heavy atom. The predicted molar refractivity (Wildman–Crippen MR) is 117 cm³/mol. The van der Waals surface area contributed by atoms with Crippen LogP contribution in [0.5, 0.6) is 5.88 Å². The van der Waals surface area contributed by atoms with E-state index >= 15 is 0 Å². The van der Waals surface area contributed by atoms with E-state index in [2.05, 4.69) is 46.2 Å². The summed E-state index contributed by atoms with van der Waals surface area (Å²) in [5.74, 6) is 0.974. The highest BCUT2D eigenvalue weighted by Gasteiger charge is 2.28. The van der Waals surface area contributed by atoms with E-state index in [1.807, 2.05) is 0 Å². The molecule has 4 aromatic rings. The first-order valence-electron chi connectivity index (χ1n) is 10.3. The molecule has 0 atom stereocenters. The lowest BCUT2D eigenvalue weighted by atomic mass is 9.88. The highest BCUT2D eigenvalue weighted by molar-refractivity contribution is 5.93. The van der Waals surface area contributed by atoms with Gasteiger partial charge in [0, 0.05) is 31.9 Å². The zero-order valence-electron chi connectivity index (χ0n) is 19.1. The van der Waals surface area contributed by atoms with Gasteiger partial charge in [0.25, 0.3) is 5.91 Å². The average molecular weight is 451 g/mol. The summed E-state index contributed by atoms with van der Waals surface area (Å²) >= 11 is 0. The number of carbonyl (C=O) groups is 1. The third-order valence-electron chi connectivity index (χ3n) is 4.95. The molecule has 0 aliphatic carbocycles. The van der Waals surface area contributed by atoms with Crippen molar-refractivity contribution in [2.24, 2.45) is 0 Å². The molecule has 0 radical (unpaired) electrons. The number of carbonyl (C=O) groups excluding carboxylic acids is 1. The van der Waals surface area contributed by atoms with Gasteiger partial charge >= 0.3 is 0 Å². The molecule has 0 aromatic carbocycles. The molecule has 0 saturated heterocycles. The molecule has 172 valence electrons. The van der Waals surface area contributed by atoms with Crippen LogP contribution in [0, 0.1) is 0 Å². The minimum absolute atomic E-state index is 0.116. The standard InChI is InChI=1S/C22H25N7O4/c1-22(2,3)18-17-10-24-25-19(16-8-15(11-30)33-27-16)29(17)26-20(18)32-12-14-7-6-13(9-23-14)21(31)28(4)5/h6-10,30H,11-12H2,1-5H3. The molecule has 33 heavy (non-hydrogen) atoms. The normalized spacial score (nSPS) is 11.7. The lowest BCUT2D eigenvalue weighted by Crippen LogP contribution is -2.21. The molecule has 0 fully saturated rings. The third kappa shape index (κ3) is 4.40. The van der Waals surface area contributed by atoms with Crippen molar-refractivity contribution < 1.29 is 19.2 Å². The monoisotopic (exact) mass is 451 g/mol. The maximum atomic E-state index is 12.1. The lowest BCUT2D eigenvalue weighted by molar-refractivity contribution is 0.0827. The number of rotatable bonds is 6. The van der Waals surface area contributed by atoms with E-state index < -0.39 is 0 Å². The van der Waals surface area contributed by atoms with Gasteiger partial charge in [-0.25, -0.2) is 4.52 Å². The summed E-state index contributed by atoms with van der Waals surface area (Å²) < 4.78 is 12.8. The van der Waals surface area contributed by atoms with Crippen molar-refractivity contribution in [1.29, 1.82) is 0 Å². The van der Waals surface area contributed by atoms with Gasteiger partial charge in [-0.15, -0.1) is 10.2 Å². The summed E-state index contributed by atoms with van der Waals surface area (Å²) in [7, 11) is 3.39. The molecule has 11 heteroatoms. The maximum Gasteiger partial charge on any atom is 0.254 e. The Kier molecular flexibility index (Phi) is 5.81. The largest absolute Gasteiger partial charge is 0.470 e. The maximum absolute atomic E-state index is 12.1. The highest BCUT2D eigenvalue weighted by Crippen LogP contribution is 2.36. The highest BCUT2D eigenvalue weighted by atomic mass is 16.5. The molecule has 0 unspecified atom stereocenters. The van der Waals surface area contributed by atoms with E-state index in [0.29, 0.717) is 34.4 Å². The van der Waals surface area contributed by atoms with Crippen LogP contribution in [0.1, 0.15) is 48.1 Å². The number of amides is 1. The minimum Gasteiger partial charge on any atom is -0.470 e. The van der Waals surface area contributed by atoms with Gasteiger partial charge < -0.3 is 19.3 Å². The fraction of sp³-hybridized carbons (Fsp3) is 0.364. The number of hydrogen-bond acceptors (Lipinski definition) is 9. The number of aliphatic hydroxyl groups is 1. The number of nitrogens with zero attached hydrogens (tertiary/aromatic N) is 7. The molecule has 4 rings (SSSR count). The second-order valence-electron chi connectivity index (χ2n) is 8.76. The van der Waals surface area contributed by atoms with Crippen molar-refractivity contribution in [3.63, 3.8) is 0 Å². The molecule has 4 aromatic heterocycles. The van der Waals surface area contributed by atoms with Crippen LogP contribution in [0.3, 0.4) is 0 Å². The molecule has 0 spiro atoms. The van der Waals surface area contributed by atoms with Crippen LogP contribution in [0.15, 0.2) is 35.1 Å². The topological polar surface area (TPSA) is 132 Å². The van der Waals surface area contributed by atoms with Gasteiger partial charge in [0.05, 0.1) is 23.0 Å². The van der Waals surface area contributed by atoms with E-state index in [9.17, 15) is 9.90 Å². The average Bonchev–Trinajstić information content (AvgIpc) is 3.41. The van der Waals surface area contributed by atoms with E-state index in [-0.39, 0.29) is 24.5 Å². The summed E-state index contributed by atoms with van der Waals surface area (Å²) in [6.45, 7) is 6.05. The van der Waals surface area contributed by atoms with E-state index in [1.165, 1.54) is 11.1 Å². The first kappa shape index (κ1) is 22.3. The van der Waals surface area contributed by atoms with Crippen LogP contribution in [0.2, 0.25) is 0 Å². The van der Waals surface area contributed by atoms with Gasteiger partial charge in [0.1, 0.15) is 13.2 Å². The fourth-order valence-electron chi connectivity index (χ4n) is 3.37. The minimum atomic E-state index is -0.313. The van der Waals surface area contributed by atoms with Crippen LogP contribution in [0.25, 0.3) is 17.0 Å². The molecule has 0 bridgehead atoms. The van der Waals surface area contributed by atoms with Crippen molar-refractivity contribution in [3.8, 4) is 17.4 Å². The van der Waals surface area contributed by atoms with Gasteiger partial charge in [0.2, 0.25) is 11.7 Å². The Balaban J connectivity index is 1.68. The smallest absolute Gasteiger partial charge is 0.254 e. The second-order valence-corrected chi connectivity index (χ2v) is 8.76. The van der Waals surface area contributed by atoms with Crippen LogP contribution >= 0.6 is 0 Å². The quantitative estimate of drug-likeness (QED) is 0.469. The molecule has 11 nitrogen and oxygen atoms in total. The Hall–Kier alpha value is -3.86. The van der Waals surface area contributed by atoms with Crippen LogP contribution < -0.4 is 4.74 Å². The first-order chi connectivity index (χ1) is 15.7. The van der Waals surface area contributed by atoms with Crippen molar-refractivity contribution >= 4 is 11.4 Å². The number of ether oxygens (including phenoxy) is 1. The predicted octanol–water partition coefficient (Wildman–Crippen LogP) is 2.24. The van der Waals surface area contributed by atoms with Crippen molar-refractivity contribution in [3.05, 3.63) is 53.2 Å². The molecule has 0 saturated carbocycles. The second kappa shape index (κ2) is 8.58. The molecule has 1 amide bonds. The Labute approximate surface area is 190 Å². The number of aromatic nitrogens is 6. The van der Waals surface area contributed by atoms with E-state index in [0.717, 1.165) is 11.1 Å². The van der Waals surface area contributed by atoms with Crippen LogP contribution in [0.4, 0.5) is 0 Å². The first-order valence-corrected chi connectivity index (χ1v) is 10.3. The van der Waals surface area contributed by atoms with E-state index in [1.54, 1.807) is 43.0 Å². The van der Waals surface area contributed by atoms with E-state index in [4.69, 9.17) is 9.26 Å². The SMILES string of the molecule is CN(C)C(=O)c1ccc(COc2nn3c(-c4cc(CO)on4)nncc3c2C(C)(C)C)nc1. The third-order valence-corrected chi connectivity index (χ3v) is 4.95. The van der Waals surface area contributed by atoms with Crippen molar-refractivity contribution in [1.82, 2.24) is 34.9 Å². The molecule has 4 heterocycles. The summed E-state index contributed by atoms with van der Waals surface area (Å²) in [4.78, 5) is 17.9. The number of hydrogen-bond donors (Lipinski definition) is 1. The summed E-state index contributed by atoms with van der Waals surface area (Å²) in [5.41, 5.74) is 2.81. The van der Waals surface area contributed by atoms with Crippen molar-refractivity contribution in [2.45, 2.75) is 39.4 Å². The van der Waals surface area contributed by atoms with Gasteiger partial charge in [-0.1, -0.05) is 25.9 Å². The number of pyridine rings is 1. The van der Waals surface area contributed by atoms with Gasteiger partial charge in [-0.2, -0.15) is 5.10 Å². The van der Waals surface area contributed by atoms with Crippen LogP contribution in [-0.4, -0.2) is 60.0 Å². The molecule has 0 aliphatic heterocycles. The summed E-state index contributed by atoms with van der Waals surface area (Å²) in [5, 5.41) is 26.1. The van der Waals surface area contributed by atoms with Gasteiger partial charge in [-0.05, 0) is 17.5 Å². The number of fused-ring (bicyclic) bond motifs is 1. The van der Waals surface area contributed by atoms with Crippen LogP contribution in [-0.2, 0) is 18.6 Å².